The zero-order valence-electron chi connectivity index (χ0n) is 16.0. The van der Waals surface area contributed by atoms with Crippen molar-refractivity contribution in [2.45, 2.75) is 38.8 Å². The highest BCUT2D eigenvalue weighted by Gasteiger charge is 2.27. The summed E-state index contributed by atoms with van der Waals surface area (Å²) >= 11 is 0. The van der Waals surface area contributed by atoms with Gasteiger partial charge in [-0.3, -0.25) is 4.79 Å². The Hall–Kier alpha value is -2.04. The molecule has 1 aliphatic rings. The van der Waals surface area contributed by atoms with Gasteiger partial charge in [0.05, 0.1) is 12.6 Å². The predicted molar refractivity (Wildman–Crippen MR) is 111 cm³/mol. The number of hydrogen-bond acceptors (Lipinski definition) is 3. The van der Waals surface area contributed by atoms with Gasteiger partial charge in [-0.15, -0.1) is 12.4 Å². The van der Waals surface area contributed by atoms with E-state index in [9.17, 15) is 4.79 Å². The number of benzene rings is 2. The van der Waals surface area contributed by atoms with Crippen LogP contribution in [0.3, 0.4) is 0 Å². The van der Waals surface area contributed by atoms with Crippen LogP contribution in [0.1, 0.15) is 43.9 Å². The van der Waals surface area contributed by atoms with Crippen molar-refractivity contribution in [3.63, 3.8) is 0 Å². The average molecular weight is 389 g/mol. The molecule has 1 saturated heterocycles. The predicted octanol–water partition coefficient (Wildman–Crippen LogP) is 4.10. The van der Waals surface area contributed by atoms with Gasteiger partial charge in [0.1, 0.15) is 5.75 Å². The molecule has 3 atom stereocenters. The van der Waals surface area contributed by atoms with E-state index in [4.69, 9.17) is 4.74 Å². The van der Waals surface area contributed by atoms with E-state index in [1.807, 2.05) is 49.4 Å². The Balaban J connectivity index is 0.00000261. The van der Waals surface area contributed by atoms with Gasteiger partial charge in [0, 0.05) is 12.0 Å². The van der Waals surface area contributed by atoms with E-state index in [0.29, 0.717) is 12.6 Å². The maximum Gasteiger partial charge on any atom is 0.223 e. The van der Waals surface area contributed by atoms with Crippen molar-refractivity contribution in [2.75, 3.05) is 13.2 Å². The molecule has 27 heavy (non-hydrogen) atoms. The zero-order chi connectivity index (χ0) is 18.4. The lowest BCUT2D eigenvalue weighted by molar-refractivity contribution is -0.126. The molecule has 0 spiro atoms. The third-order valence-corrected chi connectivity index (χ3v) is 4.94. The van der Waals surface area contributed by atoms with Crippen molar-refractivity contribution in [3.8, 4) is 5.75 Å². The molecule has 0 aliphatic carbocycles. The molecule has 2 aromatic rings. The molecule has 1 aliphatic heterocycles. The maximum absolute atomic E-state index is 12.9. The van der Waals surface area contributed by atoms with Crippen LogP contribution in [-0.4, -0.2) is 25.1 Å². The normalized spacial score (nSPS) is 20.2. The number of carbonyl (C=O) groups excluding carboxylic acids is 1. The summed E-state index contributed by atoms with van der Waals surface area (Å²) < 4.78 is 5.54. The molecule has 5 heteroatoms. The van der Waals surface area contributed by atoms with Crippen molar-refractivity contribution in [1.29, 1.82) is 0 Å². The van der Waals surface area contributed by atoms with Crippen LogP contribution < -0.4 is 15.4 Å². The van der Waals surface area contributed by atoms with Crippen LogP contribution in [0.5, 0.6) is 5.75 Å². The molecule has 146 valence electrons. The van der Waals surface area contributed by atoms with Crippen molar-refractivity contribution in [2.24, 2.45) is 5.92 Å². The van der Waals surface area contributed by atoms with Crippen molar-refractivity contribution >= 4 is 18.3 Å². The molecule has 1 fully saturated rings. The first kappa shape index (κ1) is 21.3. The highest BCUT2D eigenvalue weighted by Crippen LogP contribution is 2.26. The zero-order valence-corrected chi connectivity index (χ0v) is 16.8. The second-order valence-electron chi connectivity index (χ2n) is 6.93. The van der Waals surface area contributed by atoms with Crippen molar-refractivity contribution < 1.29 is 9.53 Å². The number of hydrogen-bond donors (Lipinski definition) is 2. The molecule has 0 saturated carbocycles. The molecule has 0 radical (unpaired) electrons. The summed E-state index contributed by atoms with van der Waals surface area (Å²) in [6.45, 7) is 5.66. The van der Waals surface area contributed by atoms with E-state index < -0.39 is 0 Å². The number of ether oxygens (including phenoxy) is 1. The van der Waals surface area contributed by atoms with Crippen LogP contribution in [0, 0.1) is 5.92 Å². The van der Waals surface area contributed by atoms with E-state index in [-0.39, 0.29) is 30.3 Å². The molecular weight excluding hydrogens is 360 g/mol. The lowest BCUT2D eigenvalue weighted by Crippen LogP contribution is -2.43. The number of halogens is 1. The van der Waals surface area contributed by atoms with Crippen molar-refractivity contribution in [1.82, 2.24) is 10.6 Å². The van der Waals surface area contributed by atoms with E-state index >= 15 is 0 Å². The van der Waals surface area contributed by atoms with Gasteiger partial charge >= 0.3 is 0 Å². The fraction of sp³-hybridized carbons (Fsp3) is 0.409. The molecule has 1 amide bonds. The molecule has 3 rings (SSSR count). The number of piperidine rings is 1. The van der Waals surface area contributed by atoms with E-state index in [1.165, 1.54) is 0 Å². The van der Waals surface area contributed by atoms with Crippen LogP contribution in [0.25, 0.3) is 0 Å². The van der Waals surface area contributed by atoms with Gasteiger partial charge in [-0.2, -0.15) is 0 Å². The van der Waals surface area contributed by atoms with Gasteiger partial charge in [0.25, 0.3) is 0 Å². The van der Waals surface area contributed by atoms with Crippen molar-refractivity contribution in [3.05, 3.63) is 65.7 Å². The molecule has 1 heterocycles. The topological polar surface area (TPSA) is 50.4 Å². The van der Waals surface area contributed by atoms with Gasteiger partial charge in [-0.1, -0.05) is 42.5 Å². The summed E-state index contributed by atoms with van der Waals surface area (Å²) in [5.41, 5.74) is 2.15. The lowest BCUT2D eigenvalue weighted by atomic mass is 9.91. The van der Waals surface area contributed by atoms with Gasteiger partial charge in [-0.05, 0) is 56.5 Å². The first-order valence-electron chi connectivity index (χ1n) is 9.49. The number of amides is 1. The second kappa shape index (κ2) is 10.3. The van der Waals surface area contributed by atoms with Gasteiger partial charge < -0.3 is 15.4 Å². The van der Waals surface area contributed by atoms with Gasteiger partial charge in [-0.25, -0.2) is 0 Å². The Morgan fingerprint density at radius 3 is 2.44 bits per heavy atom. The number of nitrogens with one attached hydrogen (secondary N) is 2. The van der Waals surface area contributed by atoms with E-state index in [0.717, 1.165) is 36.3 Å². The fourth-order valence-electron chi connectivity index (χ4n) is 3.56. The summed E-state index contributed by atoms with van der Waals surface area (Å²) in [5, 5.41) is 6.69. The third-order valence-electron chi connectivity index (χ3n) is 4.94. The standard InChI is InChI=1S/C22H28N2O2.ClH/c1-3-26-20-11-9-18(10-12-20)21(17-7-5-4-6-8-17)24-22(25)19-13-14-23-16(2)15-19;/h4-12,16,19,21,23H,3,13-15H2,1-2H3,(H,24,25);1H/t16-,19-,21?;/m0./s1. The molecule has 0 bridgehead atoms. The van der Waals surface area contributed by atoms with Crippen LogP contribution >= 0.6 is 12.4 Å². The lowest BCUT2D eigenvalue weighted by Gasteiger charge is -2.29. The monoisotopic (exact) mass is 388 g/mol. The minimum Gasteiger partial charge on any atom is -0.494 e. The molecule has 1 unspecified atom stereocenters. The second-order valence-corrected chi connectivity index (χ2v) is 6.93. The molecule has 0 aromatic heterocycles. The Bertz CT molecular complexity index is 706. The summed E-state index contributed by atoms with van der Waals surface area (Å²) in [4.78, 5) is 12.9. The Morgan fingerprint density at radius 2 is 1.81 bits per heavy atom. The minimum atomic E-state index is -0.149. The highest BCUT2D eigenvalue weighted by molar-refractivity contribution is 5.85. The molecule has 2 N–H and O–H groups in total. The average Bonchev–Trinajstić information content (AvgIpc) is 2.68. The summed E-state index contributed by atoms with van der Waals surface area (Å²) in [5.74, 6) is 1.06. The molecular formula is C22H29ClN2O2. The molecule has 2 aromatic carbocycles. The summed E-state index contributed by atoms with van der Waals surface area (Å²) in [6.07, 6.45) is 1.78. The van der Waals surface area contributed by atoms with E-state index in [2.05, 4.69) is 29.7 Å². The smallest absolute Gasteiger partial charge is 0.223 e. The van der Waals surface area contributed by atoms with E-state index in [1.54, 1.807) is 0 Å². The van der Waals surface area contributed by atoms with Crippen LogP contribution in [0.4, 0.5) is 0 Å². The first-order chi connectivity index (χ1) is 12.7. The maximum atomic E-state index is 12.9. The van der Waals surface area contributed by atoms with Crippen LogP contribution in [0.15, 0.2) is 54.6 Å². The Morgan fingerprint density at radius 1 is 1.15 bits per heavy atom. The number of carbonyl (C=O) groups is 1. The Kier molecular flexibility index (Phi) is 8.14. The fourth-order valence-corrected chi connectivity index (χ4v) is 3.56. The third kappa shape index (κ3) is 5.72. The highest BCUT2D eigenvalue weighted by atomic mass is 35.5. The summed E-state index contributed by atoms with van der Waals surface area (Å²) in [6, 6.07) is 18.4. The van der Waals surface area contributed by atoms with Gasteiger partial charge in [0.15, 0.2) is 0 Å². The Labute approximate surface area is 168 Å². The van der Waals surface area contributed by atoms with Gasteiger partial charge in [0.2, 0.25) is 5.91 Å². The molecule has 4 nitrogen and oxygen atoms in total. The number of rotatable bonds is 6. The first-order valence-corrected chi connectivity index (χ1v) is 9.49. The summed E-state index contributed by atoms with van der Waals surface area (Å²) in [7, 11) is 0. The van der Waals surface area contributed by atoms with Crippen LogP contribution in [0.2, 0.25) is 0 Å². The quantitative estimate of drug-likeness (QED) is 0.783. The van der Waals surface area contributed by atoms with Crippen LogP contribution in [-0.2, 0) is 4.79 Å². The minimum absolute atomic E-state index is 0. The largest absolute Gasteiger partial charge is 0.494 e. The SMILES string of the molecule is CCOc1ccc(C(NC(=O)[C@H]2CCN[C@@H](C)C2)c2ccccc2)cc1.Cl.